The number of fused-ring (bicyclic) bond motifs is 3. The Balaban J connectivity index is 1.30. The van der Waals surface area contributed by atoms with Crippen LogP contribution >= 0.6 is 15.9 Å². The first-order valence-corrected chi connectivity index (χ1v) is 12.9. The number of hydrogen-bond donors (Lipinski definition) is 5. The van der Waals surface area contributed by atoms with Gasteiger partial charge in [0.2, 0.25) is 10.0 Å². The Morgan fingerprint density at radius 1 is 1.06 bits per heavy atom. The molecule has 0 saturated heterocycles. The molecule has 1 aromatic heterocycles. The fraction of sp³-hybridized carbons (Fsp3) is 0.217. The van der Waals surface area contributed by atoms with Gasteiger partial charge in [0.15, 0.2) is 0 Å². The van der Waals surface area contributed by atoms with Crippen LogP contribution in [0.2, 0.25) is 0 Å². The van der Waals surface area contributed by atoms with E-state index in [0.717, 1.165) is 28.1 Å². The summed E-state index contributed by atoms with van der Waals surface area (Å²) >= 11 is 3.30. The minimum atomic E-state index is -3.42. The molecule has 174 valence electrons. The van der Waals surface area contributed by atoms with Gasteiger partial charge in [-0.3, -0.25) is 4.72 Å². The molecule has 0 spiro atoms. The van der Waals surface area contributed by atoms with Crippen molar-refractivity contribution in [2.45, 2.75) is 6.10 Å². The maximum absolute atomic E-state index is 11.5. The predicted octanol–water partition coefficient (Wildman–Crippen LogP) is 3.86. The molecule has 0 bridgehead atoms. The number of halogens is 1. The number of H-pyrrole nitrogens is 1. The number of ether oxygens (including phenoxy) is 1. The molecule has 0 amide bonds. The highest BCUT2D eigenvalue weighted by Crippen LogP contribution is 2.30. The van der Waals surface area contributed by atoms with Gasteiger partial charge in [0.1, 0.15) is 18.1 Å². The van der Waals surface area contributed by atoms with Crippen LogP contribution < -0.4 is 14.8 Å². The zero-order chi connectivity index (χ0) is 23.6. The summed E-state index contributed by atoms with van der Waals surface area (Å²) in [5.41, 5.74) is 2.75. The standard InChI is InChI=1S/C23H24BrN3O5S/c1-33(30,31)27-22-10-14(2-7-19(22)24)23(29)13-25-8-9-32-16-4-6-18-17-5-3-15(28)11-20(17)26-21(18)12-16/h2-7,10-12,23,25-29H,8-9,13H2,1H3/t23-/m0/s1. The highest BCUT2D eigenvalue weighted by Gasteiger charge is 2.12. The first-order valence-electron chi connectivity index (χ1n) is 10.2. The van der Waals surface area contributed by atoms with Crippen molar-refractivity contribution >= 4 is 53.4 Å². The fourth-order valence-corrected chi connectivity index (χ4v) is 4.64. The number of aromatic hydroxyl groups is 1. The van der Waals surface area contributed by atoms with Gasteiger partial charge in [0, 0.05) is 40.5 Å². The van der Waals surface area contributed by atoms with Crippen LogP contribution in [0.4, 0.5) is 5.69 Å². The molecule has 0 unspecified atom stereocenters. The van der Waals surface area contributed by atoms with Gasteiger partial charge in [-0.05, 0) is 57.9 Å². The summed E-state index contributed by atoms with van der Waals surface area (Å²) in [6.45, 7) is 1.20. The van der Waals surface area contributed by atoms with Crippen molar-refractivity contribution in [3.8, 4) is 11.5 Å². The van der Waals surface area contributed by atoms with Gasteiger partial charge in [0.05, 0.1) is 29.1 Å². The second-order valence-corrected chi connectivity index (χ2v) is 10.3. The quantitative estimate of drug-likeness (QED) is 0.208. The van der Waals surface area contributed by atoms with Crippen molar-refractivity contribution in [3.05, 3.63) is 64.6 Å². The average Bonchev–Trinajstić information content (AvgIpc) is 3.10. The summed E-state index contributed by atoms with van der Waals surface area (Å²) in [4.78, 5) is 3.28. The molecule has 33 heavy (non-hydrogen) atoms. The highest BCUT2D eigenvalue weighted by atomic mass is 79.9. The average molecular weight is 534 g/mol. The Hall–Kier alpha value is -2.79. The lowest BCUT2D eigenvalue weighted by molar-refractivity contribution is 0.172. The zero-order valence-corrected chi connectivity index (χ0v) is 20.2. The molecule has 4 rings (SSSR count). The number of benzene rings is 3. The Bertz CT molecular complexity index is 1400. The van der Waals surface area contributed by atoms with E-state index in [2.05, 4.69) is 31.0 Å². The van der Waals surface area contributed by atoms with Crippen molar-refractivity contribution in [1.82, 2.24) is 10.3 Å². The van der Waals surface area contributed by atoms with E-state index in [-0.39, 0.29) is 12.3 Å². The third-order valence-corrected chi connectivity index (χ3v) is 6.39. The maximum atomic E-state index is 11.5. The molecule has 1 heterocycles. The van der Waals surface area contributed by atoms with Crippen LogP contribution in [-0.4, -0.2) is 49.6 Å². The third kappa shape index (κ3) is 5.77. The molecule has 4 aromatic rings. The summed E-state index contributed by atoms with van der Waals surface area (Å²) in [6, 6.07) is 16.1. The molecule has 10 heteroatoms. The molecule has 8 nitrogen and oxygen atoms in total. The fourth-order valence-electron chi connectivity index (χ4n) is 3.59. The van der Waals surface area contributed by atoms with Crippen LogP contribution in [0.15, 0.2) is 59.1 Å². The number of aromatic nitrogens is 1. The van der Waals surface area contributed by atoms with E-state index in [1.54, 1.807) is 30.3 Å². The van der Waals surface area contributed by atoms with Gasteiger partial charge >= 0.3 is 0 Å². The molecular formula is C23H24BrN3O5S. The number of anilines is 1. The summed E-state index contributed by atoms with van der Waals surface area (Å²) < 4.78 is 31.8. The lowest BCUT2D eigenvalue weighted by Gasteiger charge is -2.15. The van der Waals surface area contributed by atoms with Gasteiger partial charge in [-0.2, -0.15) is 0 Å². The molecule has 0 saturated carbocycles. The molecule has 0 aliphatic carbocycles. The van der Waals surface area contributed by atoms with E-state index in [0.29, 0.717) is 34.6 Å². The molecule has 0 aliphatic rings. The maximum Gasteiger partial charge on any atom is 0.229 e. The molecule has 0 fully saturated rings. The van der Waals surface area contributed by atoms with E-state index < -0.39 is 16.1 Å². The summed E-state index contributed by atoms with van der Waals surface area (Å²) in [7, 11) is -3.42. The monoisotopic (exact) mass is 533 g/mol. The molecule has 0 aliphatic heterocycles. The predicted molar refractivity (Wildman–Crippen MR) is 133 cm³/mol. The largest absolute Gasteiger partial charge is 0.508 e. The lowest BCUT2D eigenvalue weighted by Crippen LogP contribution is -2.26. The van der Waals surface area contributed by atoms with Gasteiger partial charge < -0.3 is 25.3 Å². The summed E-state index contributed by atoms with van der Waals surface area (Å²) in [5.74, 6) is 0.926. The van der Waals surface area contributed by atoms with Crippen LogP contribution in [0.25, 0.3) is 21.8 Å². The first-order chi connectivity index (χ1) is 15.7. The Kier molecular flexibility index (Phi) is 6.80. The summed E-state index contributed by atoms with van der Waals surface area (Å²) in [5, 5.41) is 25.3. The zero-order valence-electron chi connectivity index (χ0n) is 17.8. The van der Waals surface area contributed by atoms with Gasteiger partial charge in [-0.25, -0.2) is 8.42 Å². The second-order valence-electron chi connectivity index (χ2n) is 7.74. The van der Waals surface area contributed by atoms with Crippen molar-refractivity contribution in [2.24, 2.45) is 0 Å². The Morgan fingerprint density at radius 3 is 2.55 bits per heavy atom. The van der Waals surface area contributed by atoms with E-state index in [1.807, 2.05) is 24.3 Å². The number of aliphatic hydroxyl groups excluding tert-OH is 1. The smallest absolute Gasteiger partial charge is 0.229 e. The van der Waals surface area contributed by atoms with Crippen LogP contribution in [0.3, 0.4) is 0 Å². The number of hydrogen-bond acceptors (Lipinski definition) is 6. The third-order valence-electron chi connectivity index (χ3n) is 5.11. The number of phenols is 1. The summed E-state index contributed by atoms with van der Waals surface area (Å²) in [6.07, 6.45) is 0.266. The van der Waals surface area contributed by atoms with Crippen LogP contribution in [0.5, 0.6) is 11.5 Å². The second kappa shape index (κ2) is 9.60. The van der Waals surface area contributed by atoms with Gasteiger partial charge in [-0.15, -0.1) is 0 Å². The van der Waals surface area contributed by atoms with E-state index in [4.69, 9.17) is 4.74 Å². The van der Waals surface area contributed by atoms with Crippen LogP contribution in [-0.2, 0) is 10.0 Å². The van der Waals surface area contributed by atoms with E-state index >= 15 is 0 Å². The topological polar surface area (TPSA) is 124 Å². The number of phenolic OH excluding ortho intramolecular Hbond substituents is 1. The molecule has 3 aromatic carbocycles. The molecule has 0 radical (unpaired) electrons. The Labute approximate surface area is 199 Å². The number of rotatable bonds is 9. The Morgan fingerprint density at radius 2 is 1.79 bits per heavy atom. The number of aromatic amines is 1. The van der Waals surface area contributed by atoms with Gasteiger partial charge in [-0.1, -0.05) is 6.07 Å². The first kappa shape index (κ1) is 23.4. The molecule has 1 atom stereocenters. The number of nitrogens with one attached hydrogen (secondary N) is 3. The molecule has 5 N–H and O–H groups in total. The highest BCUT2D eigenvalue weighted by molar-refractivity contribution is 9.10. The van der Waals surface area contributed by atoms with Crippen LogP contribution in [0, 0.1) is 0 Å². The van der Waals surface area contributed by atoms with Crippen molar-refractivity contribution in [3.63, 3.8) is 0 Å². The minimum absolute atomic E-state index is 0.213. The van der Waals surface area contributed by atoms with Crippen LogP contribution in [0.1, 0.15) is 11.7 Å². The van der Waals surface area contributed by atoms with Crippen molar-refractivity contribution in [2.75, 3.05) is 30.7 Å². The van der Waals surface area contributed by atoms with Gasteiger partial charge in [0.25, 0.3) is 0 Å². The SMILES string of the molecule is CS(=O)(=O)Nc1cc([C@@H](O)CNCCOc2ccc3c(c2)[nH]c2cc(O)ccc23)ccc1Br. The van der Waals surface area contributed by atoms with Crippen molar-refractivity contribution in [1.29, 1.82) is 0 Å². The number of sulfonamides is 1. The number of aliphatic hydroxyl groups is 1. The normalized spacial score (nSPS) is 12.8. The van der Waals surface area contributed by atoms with E-state index in [9.17, 15) is 18.6 Å². The molecular weight excluding hydrogens is 510 g/mol. The van der Waals surface area contributed by atoms with Crippen molar-refractivity contribution < 1.29 is 23.4 Å². The lowest BCUT2D eigenvalue weighted by atomic mass is 10.1. The van der Waals surface area contributed by atoms with E-state index in [1.165, 1.54) is 0 Å². The minimum Gasteiger partial charge on any atom is -0.508 e.